The first-order chi connectivity index (χ1) is 12.7. The van der Waals surface area contributed by atoms with Gasteiger partial charge in [-0.05, 0) is 42.3 Å². The van der Waals surface area contributed by atoms with Crippen molar-refractivity contribution in [3.8, 4) is 11.4 Å². The quantitative estimate of drug-likeness (QED) is 0.686. The molecule has 0 atom stereocenters. The number of anilines is 1. The van der Waals surface area contributed by atoms with E-state index in [-0.39, 0.29) is 11.7 Å². The number of nitrogens with zero attached hydrogens (tertiary/aromatic N) is 3. The van der Waals surface area contributed by atoms with Gasteiger partial charge in [-0.1, -0.05) is 23.4 Å². The van der Waals surface area contributed by atoms with E-state index in [1.165, 1.54) is 29.5 Å². The van der Waals surface area contributed by atoms with Gasteiger partial charge in [-0.2, -0.15) is 4.98 Å². The van der Waals surface area contributed by atoms with Crippen LogP contribution in [-0.4, -0.2) is 28.3 Å². The third-order valence-electron chi connectivity index (χ3n) is 4.21. The van der Waals surface area contributed by atoms with Crippen LogP contribution in [0.25, 0.3) is 11.4 Å². The van der Waals surface area contributed by atoms with Crippen LogP contribution in [0.1, 0.15) is 11.5 Å². The molecule has 132 valence electrons. The van der Waals surface area contributed by atoms with Gasteiger partial charge in [-0.25, -0.2) is 4.39 Å². The van der Waals surface area contributed by atoms with Crippen LogP contribution >= 0.6 is 11.8 Å². The lowest BCUT2D eigenvalue weighted by molar-refractivity contribution is -0.116. The molecule has 2 aromatic carbocycles. The van der Waals surface area contributed by atoms with Crippen molar-refractivity contribution in [1.29, 1.82) is 0 Å². The van der Waals surface area contributed by atoms with Gasteiger partial charge in [0.25, 0.3) is 0 Å². The van der Waals surface area contributed by atoms with Crippen LogP contribution in [0, 0.1) is 5.82 Å². The summed E-state index contributed by atoms with van der Waals surface area (Å²) in [5, 5.41) is 3.90. The second kappa shape index (κ2) is 7.29. The second-order valence-electron chi connectivity index (χ2n) is 5.94. The topological polar surface area (TPSA) is 59.2 Å². The Labute approximate surface area is 154 Å². The monoisotopic (exact) mass is 369 g/mol. The highest BCUT2D eigenvalue weighted by molar-refractivity contribution is 7.99. The Morgan fingerprint density at radius 2 is 2.00 bits per heavy atom. The van der Waals surface area contributed by atoms with Crippen LogP contribution in [-0.2, 0) is 17.0 Å². The van der Waals surface area contributed by atoms with Gasteiger partial charge in [-0.15, -0.1) is 11.8 Å². The number of carbonyl (C=O) groups excluding carboxylic acids is 1. The van der Waals surface area contributed by atoms with E-state index in [0.29, 0.717) is 28.8 Å². The first-order valence-corrected chi connectivity index (χ1v) is 9.41. The van der Waals surface area contributed by atoms with Gasteiger partial charge in [0.05, 0.1) is 11.5 Å². The summed E-state index contributed by atoms with van der Waals surface area (Å²) in [5.74, 6) is 1.44. The van der Waals surface area contributed by atoms with E-state index in [1.807, 2.05) is 23.1 Å². The van der Waals surface area contributed by atoms with Gasteiger partial charge >= 0.3 is 0 Å². The molecule has 0 fully saturated rings. The number of amides is 1. The van der Waals surface area contributed by atoms with Crippen molar-refractivity contribution in [3.05, 3.63) is 65.8 Å². The van der Waals surface area contributed by atoms with Crippen molar-refractivity contribution >= 4 is 23.4 Å². The fraction of sp³-hybridized carbons (Fsp3) is 0.211. The molecule has 0 unspecified atom stereocenters. The van der Waals surface area contributed by atoms with Crippen molar-refractivity contribution in [2.45, 2.75) is 12.2 Å². The lowest BCUT2D eigenvalue weighted by Gasteiger charge is -2.16. The Hall–Kier alpha value is -2.67. The van der Waals surface area contributed by atoms with Crippen LogP contribution in [0.15, 0.2) is 53.1 Å². The number of para-hydroxylation sites is 1. The first kappa shape index (κ1) is 16.8. The smallest absolute Gasteiger partial charge is 0.237 e. The fourth-order valence-corrected chi connectivity index (χ4v) is 3.65. The average molecular weight is 369 g/mol. The minimum Gasteiger partial charge on any atom is -0.338 e. The summed E-state index contributed by atoms with van der Waals surface area (Å²) in [6.07, 6.45) is 0.900. The SMILES string of the molecule is O=C(CSCc1nc(-c2ccc(F)cc2)no1)N1CCc2ccccc21. The van der Waals surface area contributed by atoms with E-state index >= 15 is 0 Å². The molecule has 0 saturated carbocycles. The summed E-state index contributed by atoms with van der Waals surface area (Å²) >= 11 is 1.44. The van der Waals surface area contributed by atoms with Crippen LogP contribution in [0.4, 0.5) is 10.1 Å². The second-order valence-corrected chi connectivity index (χ2v) is 6.92. The van der Waals surface area contributed by atoms with Gasteiger partial charge in [0.2, 0.25) is 17.6 Å². The van der Waals surface area contributed by atoms with Crippen LogP contribution in [0.5, 0.6) is 0 Å². The molecule has 0 bridgehead atoms. The number of aromatic nitrogens is 2. The number of hydrogen-bond acceptors (Lipinski definition) is 5. The molecule has 7 heteroatoms. The van der Waals surface area contributed by atoms with Crippen molar-refractivity contribution in [1.82, 2.24) is 10.1 Å². The zero-order valence-corrected chi connectivity index (χ0v) is 14.7. The highest BCUT2D eigenvalue weighted by atomic mass is 32.2. The third-order valence-corrected chi connectivity index (χ3v) is 5.11. The summed E-state index contributed by atoms with van der Waals surface area (Å²) in [4.78, 5) is 18.6. The van der Waals surface area contributed by atoms with E-state index in [1.54, 1.807) is 12.1 Å². The fourth-order valence-electron chi connectivity index (χ4n) is 2.93. The predicted molar refractivity (Wildman–Crippen MR) is 98.4 cm³/mol. The van der Waals surface area contributed by atoms with Gasteiger partial charge in [-0.3, -0.25) is 4.79 Å². The van der Waals surface area contributed by atoms with Gasteiger partial charge < -0.3 is 9.42 Å². The normalized spacial score (nSPS) is 13.0. The molecule has 2 heterocycles. The standard InChI is InChI=1S/C19H16FN3O2S/c20-15-7-5-14(6-8-15)19-21-17(25-22-19)11-26-12-18(24)23-10-9-13-3-1-2-4-16(13)23/h1-8H,9-12H2. The number of thioether (sulfide) groups is 1. The molecular weight excluding hydrogens is 353 g/mol. The maximum absolute atomic E-state index is 13.0. The van der Waals surface area contributed by atoms with E-state index < -0.39 is 0 Å². The van der Waals surface area contributed by atoms with Crippen LogP contribution in [0.3, 0.4) is 0 Å². The van der Waals surface area contributed by atoms with Crippen LogP contribution in [0.2, 0.25) is 0 Å². The average Bonchev–Trinajstić information content (AvgIpc) is 3.29. The zero-order valence-electron chi connectivity index (χ0n) is 13.9. The summed E-state index contributed by atoms with van der Waals surface area (Å²) in [6.45, 7) is 0.730. The highest BCUT2D eigenvalue weighted by Gasteiger charge is 2.23. The Morgan fingerprint density at radius 1 is 1.19 bits per heavy atom. The molecule has 0 saturated heterocycles. The highest BCUT2D eigenvalue weighted by Crippen LogP contribution is 2.28. The number of rotatable bonds is 5. The van der Waals surface area contributed by atoms with Gasteiger partial charge in [0.15, 0.2) is 0 Å². The summed E-state index contributed by atoms with van der Waals surface area (Å²) < 4.78 is 18.2. The van der Waals surface area contributed by atoms with Crippen molar-refractivity contribution < 1.29 is 13.7 Å². The minimum atomic E-state index is -0.310. The number of carbonyl (C=O) groups is 1. The molecular formula is C19H16FN3O2S. The Morgan fingerprint density at radius 3 is 2.85 bits per heavy atom. The van der Waals surface area contributed by atoms with Crippen molar-refractivity contribution in [2.24, 2.45) is 0 Å². The zero-order chi connectivity index (χ0) is 17.9. The van der Waals surface area contributed by atoms with E-state index in [0.717, 1.165) is 18.7 Å². The maximum atomic E-state index is 13.0. The van der Waals surface area contributed by atoms with Crippen molar-refractivity contribution in [2.75, 3.05) is 17.2 Å². The number of halogens is 1. The maximum Gasteiger partial charge on any atom is 0.237 e. The summed E-state index contributed by atoms with van der Waals surface area (Å²) in [6, 6.07) is 13.9. The first-order valence-electron chi connectivity index (χ1n) is 8.25. The summed E-state index contributed by atoms with van der Waals surface area (Å²) in [5.41, 5.74) is 2.91. The molecule has 0 radical (unpaired) electrons. The molecule has 0 spiro atoms. The summed E-state index contributed by atoms with van der Waals surface area (Å²) in [7, 11) is 0. The number of fused-ring (bicyclic) bond motifs is 1. The molecule has 1 aliphatic rings. The van der Waals surface area contributed by atoms with Gasteiger partial charge in [0.1, 0.15) is 5.82 Å². The molecule has 26 heavy (non-hydrogen) atoms. The molecule has 3 aromatic rings. The molecule has 4 rings (SSSR count). The predicted octanol–water partition coefficient (Wildman–Crippen LogP) is 3.70. The van der Waals surface area contributed by atoms with E-state index in [4.69, 9.17) is 4.52 Å². The van der Waals surface area contributed by atoms with Gasteiger partial charge in [0, 0.05) is 17.8 Å². The number of benzene rings is 2. The Bertz CT molecular complexity index is 927. The molecule has 0 N–H and O–H groups in total. The lowest BCUT2D eigenvalue weighted by atomic mass is 10.2. The third kappa shape index (κ3) is 3.48. The Kier molecular flexibility index (Phi) is 4.71. The molecule has 1 aromatic heterocycles. The number of hydrogen-bond donors (Lipinski definition) is 0. The molecule has 0 aliphatic carbocycles. The van der Waals surface area contributed by atoms with E-state index in [2.05, 4.69) is 16.2 Å². The lowest BCUT2D eigenvalue weighted by Crippen LogP contribution is -2.30. The molecule has 5 nitrogen and oxygen atoms in total. The van der Waals surface area contributed by atoms with Crippen LogP contribution < -0.4 is 4.90 Å². The largest absolute Gasteiger partial charge is 0.338 e. The van der Waals surface area contributed by atoms with E-state index in [9.17, 15) is 9.18 Å². The molecule has 1 amide bonds. The Balaban J connectivity index is 1.33. The molecule has 1 aliphatic heterocycles. The minimum absolute atomic E-state index is 0.0817. The van der Waals surface area contributed by atoms with Crippen molar-refractivity contribution in [3.63, 3.8) is 0 Å².